The number of pyridine rings is 1. The number of ether oxygens (including phenoxy) is 1. The number of alkyl halides is 3. The lowest BCUT2D eigenvalue weighted by atomic mass is 9.99. The Morgan fingerprint density at radius 2 is 1.91 bits per heavy atom. The van der Waals surface area contributed by atoms with Gasteiger partial charge in [0.15, 0.2) is 5.82 Å². The fraction of sp³-hybridized carbons (Fsp3) is 0.333. The molecular formula is C24H20ClF3N4O2. The Balaban J connectivity index is 1.38. The summed E-state index contributed by atoms with van der Waals surface area (Å²) < 4.78 is 44.1. The Morgan fingerprint density at radius 1 is 1.12 bits per heavy atom. The van der Waals surface area contributed by atoms with Gasteiger partial charge in [0.2, 0.25) is 5.88 Å². The second kappa shape index (κ2) is 8.87. The van der Waals surface area contributed by atoms with E-state index in [4.69, 9.17) is 16.3 Å². The van der Waals surface area contributed by atoms with Gasteiger partial charge in [0.1, 0.15) is 6.61 Å². The lowest BCUT2D eigenvalue weighted by Crippen LogP contribution is -2.48. The number of carbonyl (C=O) groups excluding carboxylic acids is 1. The fourth-order valence-electron chi connectivity index (χ4n) is 4.46. The van der Waals surface area contributed by atoms with Crippen LogP contribution in [0.4, 0.5) is 13.2 Å². The number of likely N-dealkylation sites (tertiary alicyclic amines) is 1. The second-order valence-electron chi connectivity index (χ2n) is 8.46. The van der Waals surface area contributed by atoms with Crippen LogP contribution in [0.3, 0.4) is 0 Å². The smallest absolute Gasteiger partial charge is 0.417 e. The first-order valence-corrected chi connectivity index (χ1v) is 11.2. The summed E-state index contributed by atoms with van der Waals surface area (Å²) in [5.41, 5.74) is 0.150. The molecule has 3 heterocycles. The van der Waals surface area contributed by atoms with Crippen LogP contribution in [0, 0.1) is 5.92 Å². The predicted octanol–water partition coefficient (Wildman–Crippen LogP) is 5.28. The summed E-state index contributed by atoms with van der Waals surface area (Å²) in [6.07, 6.45) is 2.11. The van der Waals surface area contributed by atoms with Crippen molar-refractivity contribution >= 4 is 17.5 Å². The third kappa shape index (κ3) is 4.57. The summed E-state index contributed by atoms with van der Waals surface area (Å²) in [4.78, 5) is 27.9. The first-order valence-electron chi connectivity index (χ1n) is 10.9. The molecule has 10 heteroatoms. The molecule has 1 saturated heterocycles. The molecule has 2 aromatic heterocycles. The molecule has 1 aliphatic heterocycles. The predicted molar refractivity (Wildman–Crippen MR) is 118 cm³/mol. The van der Waals surface area contributed by atoms with E-state index >= 15 is 0 Å². The maximum Gasteiger partial charge on any atom is 0.417 e. The van der Waals surface area contributed by atoms with Gasteiger partial charge in [0, 0.05) is 41.3 Å². The van der Waals surface area contributed by atoms with Crippen molar-refractivity contribution in [3.05, 3.63) is 71.1 Å². The molecular weight excluding hydrogens is 469 g/mol. The Labute approximate surface area is 198 Å². The minimum Gasteiger partial charge on any atom is -0.475 e. The molecule has 3 aromatic rings. The number of aromatic nitrogens is 3. The molecule has 5 rings (SSSR count). The molecule has 2 fully saturated rings. The average molecular weight is 489 g/mol. The van der Waals surface area contributed by atoms with Gasteiger partial charge in [-0.1, -0.05) is 11.6 Å². The molecule has 0 spiro atoms. The molecule has 34 heavy (non-hydrogen) atoms. The van der Waals surface area contributed by atoms with Crippen molar-refractivity contribution in [3.8, 4) is 17.3 Å². The minimum atomic E-state index is -4.46. The summed E-state index contributed by atoms with van der Waals surface area (Å²) in [7, 11) is 0. The van der Waals surface area contributed by atoms with Crippen LogP contribution < -0.4 is 4.74 Å². The van der Waals surface area contributed by atoms with Crippen molar-refractivity contribution < 1.29 is 22.7 Å². The van der Waals surface area contributed by atoms with Crippen molar-refractivity contribution in [2.45, 2.75) is 37.5 Å². The summed E-state index contributed by atoms with van der Waals surface area (Å²) >= 11 is 6.23. The first kappa shape index (κ1) is 22.6. The van der Waals surface area contributed by atoms with Crippen molar-refractivity contribution in [1.29, 1.82) is 0 Å². The lowest BCUT2D eigenvalue weighted by molar-refractivity contribution is -0.137. The van der Waals surface area contributed by atoms with Gasteiger partial charge in [-0.15, -0.1) is 0 Å². The van der Waals surface area contributed by atoms with E-state index in [0.717, 1.165) is 31.5 Å². The molecule has 1 saturated carbocycles. The zero-order chi connectivity index (χ0) is 23.9. The zero-order valence-corrected chi connectivity index (χ0v) is 18.6. The maximum atomic E-state index is 13.8. The van der Waals surface area contributed by atoms with Crippen molar-refractivity contribution in [1.82, 2.24) is 19.9 Å². The van der Waals surface area contributed by atoms with Crippen molar-refractivity contribution in [3.63, 3.8) is 0 Å². The number of amides is 1. The van der Waals surface area contributed by atoms with E-state index in [9.17, 15) is 18.0 Å². The van der Waals surface area contributed by atoms with E-state index in [2.05, 4.69) is 15.0 Å². The molecule has 3 unspecified atom stereocenters. The fourth-order valence-corrected chi connectivity index (χ4v) is 4.63. The Bertz CT molecular complexity index is 1190. The number of nitrogens with zero attached hydrogens (tertiary/aromatic N) is 4. The quantitative estimate of drug-likeness (QED) is 0.488. The van der Waals surface area contributed by atoms with Crippen molar-refractivity contribution in [2.75, 3.05) is 6.61 Å². The van der Waals surface area contributed by atoms with Crippen LogP contribution in [-0.4, -0.2) is 44.4 Å². The SMILES string of the molecule is O=C(c1cc(Cl)ccc1-c1ncccn1)N1C(COc2ccc(C(F)(F)F)cn2)CCC2CC21. The molecule has 6 nitrogen and oxygen atoms in total. The average Bonchev–Trinajstić information content (AvgIpc) is 3.62. The van der Waals surface area contributed by atoms with Crippen LogP contribution >= 0.6 is 11.6 Å². The maximum absolute atomic E-state index is 13.8. The zero-order valence-electron chi connectivity index (χ0n) is 17.9. The van der Waals surface area contributed by atoms with Crippen LogP contribution in [0.25, 0.3) is 11.4 Å². The number of benzene rings is 1. The van der Waals surface area contributed by atoms with Gasteiger partial charge in [-0.25, -0.2) is 15.0 Å². The minimum absolute atomic E-state index is 0.0828. The molecule has 176 valence electrons. The Hall–Kier alpha value is -3.20. The lowest BCUT2D eigenvalue weighted by Gasteiger charge is -2.36. The van der Waals surface area contributed by atoms with Crippen LogP contribution in [0.15, 0.2) is 55.0 Å². The summed E-state index contributed by atoms with van der Waals surface area (Å²) in [5.74, 6) is 0.763. The highest BCUT2D eigenvalue weighted by Crippen LogP contribution is 2.46. The van der Waals surface area contributed by atoms with Crippen molar-refractivity contribution in [2.24, 2.45) is 5.92 Å². The molecule has 1 amide bonds. The highest BCUT2D eigenvalue weighted by atomic mass is 35.5. The van der Waals surface area contributed by atoms with Gasteiger partial charge >= 0.3 is 6.18 Å². The largest absolute Gasteiger partial charge is 0.475 e. The Morgan fingerprint density at radius 3 is 2.62 bits per heavy atom. The number of halogens is 4. The van der Waals surface area contributed by atoms with E-state index in [1.165, 1.54) is 6.07 Å². The highest BCUT2D eigenvalue weighted by Gasteiger charge is 2.50. The number of carbonyl (C=O) groups is 1. The number of fused-ring (bicyclic) bond motifs is 1. The van der Waals surface area contributed by atoms with Crippen LogP contribution in [0.1, 0.15) is 35.2 Å². The van der Waals surface area contributed by atoms with E-state index in [1.54, 1.807) is 36.7 Å². The van der Waals surface area contributed by atoms with Gasteiger partial charge in [0.05, 0.1) is 17.2 Å². The van der Waals surface area contributed by atoms with E-state index in [0.29, 0.717) is 27.9 Å². The number of rotatable bonds is 5. The highest BCUT2D eigenvalue weighted by molar-refractivity contribution is 6.31. The van der Waals surface area contributed by atoms with Crippen LogP contribution in [-0.2, 0) is 6.18 Å². The van der Waals surface area contributed by atoms with Gasteiger partial charge < -0.3 is 9.64 Å². The molecule has 0 N–H and O–H groups in total. The van der Waals surface area contributed by atoms with Crippen LogP contribution in [0.5, 0.6) is 5.88 Å². The van der Waals surface area contributed by atoms with Gasteiger partial charge in [-0.3, -0.25) is 4.79 Å². The third-order valence-electron chi connectivity index (χ3n) is 6.25. The monoisotopic (exact) mass is 488 g/mol. The van der Waals surface area contributed by atoms with Crippen LogP contribution in [0.2, 0.25) is 5.02 Å². The van der Waals surface area contributed by atoms with Gasteiger partial charge in [0.25, 0.3) is 5.91 Å². The molecule has 2 aliphatic rings. The van der Waals surface area contributed by atoms with E-state index < -0.39 is 11.7 Å². The molecule has 3 atom stereocenters. The topological polar surface area (TPSA) is 68.2 Å². The van der Waals surface area contributed by atoms with Gasteiger partial charge in [-0.2, -0.15) is 13.2 Å². The summed E-state index contributed by atoms with van der Waals surface area (Å²) in [5, 5.41) is 0.425. The normalized spacial score (nSPS) is 21.6. The standard InChI is InChI=1S/C24H20ClF3N4O2/c25-16-4-6-18(22-29-8-1-9-30-22)19(11-16)23(33)32-17(5-2-14-10-20(14)32)13-34-21-7-3-15(12-31-21)24(26,27)28/h1,3-4,6-9,11-12,14,17,20H,2,5,10,13H2. The van der Waals surface area contributed by atoms with Gasteiger partial charge in [-0.05, 0) is 55.5 Å². The Kier molecular flexibility index (Phi) is 5.89. The van der Waals surface area contributed by atoms with E-state index in [-0.39, 0.29) is 30.5 Å². The molecule has 1 aliphatic carbocycles. The number of hydrogen-bond donors (Lipinski definition) is 0. The number of piperidine rings is 1. The third-order valence-corrected chi connectivity index (χ3v) is 6.48. The molecule has 0 radical (unpaired) electrons. The molecule has 0 bridgehead atoms. The first-order chi connectivity index (χ1) is 16.3. The van der Waals surface area contributed by atoms with E-state index in [1.807, 2.05) is 4.90 Å². The molecule has 1 aromatic carbocycles. The summed E-state index contributed by atoms with van der Waals surface area (Å²) in [6.45, 7) is 0.130. The summed E-state index contributed by atoms with van der Waals surface area (Å²) in [6, 6.07) is 8.72. The second-order valence-corrected chi connectivity index (χ2v) is 8.90. The number of hydrogen-bond acceptors (Lipinski definition) is 5.